The van der Waals surface area contributed by atoms with Gasteiger partial charge in [0.1, 0.15) is 5.75 Å². The van der Waals surface area contributed by atoms with Crippen molar-refractivity contribution in [3.05, 3.63) is 65.7 Å². The molecule has 4 aromatic heterocycles. The zero-order chi connectivity index (χ0) is 18.9. The second-order valence-corrected chi connectivity index (χ2v) is 7.25. The lowest BCUT2D eigenvalue weighted by molar-refractivity contribution is 0.0844. The number of hydrogen-bond acceptors (Lipinski definition) is 5. The van der Waals surface area contributed by atoms with E-state index in [2.05, 4.69) is 28.2 Å². The first kappa shape index (κ1) is 17.1. The molecule has 0 aromatic carbocycles. The van der Waals surface area contributed by atoms with E-state index in [4.69, 9.17) is 14.6 Å². The molecule has 0 bridgehead atoms. The van der Waals surface area contributed by atoms with Gasteiger partial charge in [-0.05, 0) is 54.7 Å². The molecule has 0 aliphatic carbocycles. The van der Waals surface area contributed by atoms with Gasteiger partial charge in [0.05, 0.1) is 35.6 Å². The van der Waals surface area contributed by atoms with Crippen LogP contribution >= 0.6 is 0 Å². The Morgan fingerprint density at radius 1 is 1.14 bits per heavy atom. The van der Waals surface area contributed by atoms with Crippen LogP contribution in [0.1, 0.15) is 35.6 Å². The fourth-order valence-electron chi connectivity index (χ4n) is 3.90. The summed E-state index contributed by atoms with van der Waals surface area (Å²) in [5.74, 6) is 1.22. The highest BCUT2D eigenvalue weighted by molar-refractivity contribution is 5.79. The van der Waals surface area contributed by atoms with E-state index in [0.717, 1.165) is 60.3 Å². The SMILES string of the molecule is COc1cnc2c(Cc3ccn4nc(C5CCOCC5)cc4c3)ccnc2c1. The number of methoxy groups -OCH3 is 1. The van der Waals surface area contributed by atoms with Gasteiger partial charge >= 0.3 is 0 Å². The Labute approximate surface area is 163 Å². The maximum Gasteiger partial charge on any atom is 0.139 e. The molecule has 142 valence electrons. The van der Waals surface area contributed by atoms with E-state index in [0.29, 0.717) is 5.92 Å². The Morgan fingerprint density at radius 2 is 2.04 bits per heavy atom. The van der Waals surface area contributed by atoms with Gasteiger partial charge in [-0.3, -0.25) is 9.97 Å². The molecule has 4 aromatic rings. The molecule has 0 radical (unpaired) electrons. The van der Waals surface area contributed by atoms with Crippen molar-refractivity contribution in [1.29, 1.82) is 0 Å². The summed E-state index contributed by atoms with van der Waals surface area (Å²) < 4.78 is 12.7. The molecule has 6 heteroatoms. The summed E-state index contributed by atoms with van der Waals surface area (Å²) in [4.78, 5) is 8.99. The van der Waals surface area contributed by atoms with E-state index in [-0.39, 0.29) is 0 Å². The van der Waals surface area contributed by atoms with Crippen LogP contribution in [0.5, 0.6) is 5.75 Å². The van der Waals surface area contributed by atoms with Crippen LogP contribution < -0.4 is 4.74 Å². The number of nitrogens with zero attached hydrogens (tertiary/aromatic N) is 4. The molecule has 5 heterocycles. The third-order valence-corrected chi connectivity index (χ3v) is 5.45. The van der Waals surface area contributed by atoms with Crippen LogP contribution in [0.25, 0.3) is 16.6 Å². The highest BCUT2D eigenvalue weighted by Crippen LogP contribution is 2.27. The summed E-state index contributed by atoms with van der Waals surface area (Å²) in [5.41, 5.74) is 6.46. The van der Waals surface area contributed by atoms with Gasteiger partial charge in [-0.25, -0.2) is 4.52 Å². The zero-order valence-corrected chi connectivity index (χ0v) is 15.8. The van der Waals surface area contributed by atoms with E-state index in [1.54, 1.807) is 13.3 Å². The van der Waals surface area contributed by atoms with Crippen LogP contribution in [-0.2, 0) is 11.2 Å². The monoisotopic (exact) mass is 374 g/mol. The Bertz CT molecular complexity index is 1130. The number of hydrogen-bond donors (Lipinski definition) is 0. The second-order valence-electron chi connectivity index (χ2n) is 7.25. The minimum absolute atomic E-state index is 0.500. The van der Waals surface area contributed by atoms with E-state index >= 15 is 0 Å². The van der Waals surface area contributed by atoms with Crippen molar-refractivity contribution in [2.24, 2.45) is 0 Å². The van der Waals surface area contributed by atoms with Crippen LogP contribution in [0, 0.1) is 0 Å². The first-order chi connectivity index (χ1) is 13.8. The smallest absolute Gasteiger partial charge is 0.139 e. The predicted molar refractivity (Wildman–Crippen MR) is 107 cm³/mol. The topological polar surface area (TPSA) is 61.5 Å². The first-order valence-electron chi connectivity index (χ1n) is 9.64. The molecule has 0 amide bonds. The molecule has 0 saturated carbocycles. The molecule has 1 aliphatic rings. The summed E-state index contributed by atoms with van der Waals surface area (Å²) in [7, 11) is 1.64. The number of fused-ring (bicyclic) bond motifs is 2. The van der Waals surface area contributed by atoms with Gasteiger partial charge in [-0.1, -0.05) is 0 Å². The molecule has 28 heavy (non-hydrogen) atoms. The van der Waals surface area contributed by atoms with E-state index in [1.165, 1.54) is 11.3 Å². The molecule has 6 nitrogen and oxygen atoms in total. The average Bonchev–Trinajstić information content (AvgIpc) is 3.18. The van der Waals surface area contributed by atoms with Crippen molar-refractivity contribution in [3.63, 3.8) is 0 Å². The number of ether oxygens (including phenoxy) is 2. The fraction of sp³-hybridized carbons (Fsp3) is 0.318. The van der Waals surface area contributed by atoms with Gasteiger partial charge < -0.3 is 9.47 Å². The van der Waals surface area contributed by atoms with Gasteiger partial charge in [0.2, 0.25) is 0 Å². The molecule has 0 atom stereocenters. The largest absolute Gasteiger partial charge is 0.495 e. The predicted octanol–water partition coefficient (Wildman–Crippen LogP) is 3.77. The lowest BCUT2D eigenvalue weighted by Gasteiger charge is -2.19. The molecular weight excluding hydrogens is 352 g/mol. The molecule has 0 unspecified atom stereocenters. The van der Waals surface area contributed by atoms with Crippen LogP contribution in [-0.4, -0.2) is 39.9 Å². The average molecular weight is 374 g/mol. The van der Waals surface area contributed by atoms with Gasteiger partial charge in [0, 0.05) is 37.6 Å². The summed E-state index contributed by atoms with van der Waals surface area (Å²) in [6.45, 7) is 1.66. The quantitative estimate of drug-likeness (QED) is 0.544. The zero-order valence-electron chi connectivity index (χ0n) is 15.8. The van der Waals surface area contributed by atoms with Gasteiger partial charge in [0.25, 0.3) is 0 Å². The summed E-state index contributed by atoms with van der Waals surface area (Å²) in [5, 5.41) is 4.78. The summed E-state index contributed by atoms with van der Waals surface area (Å²) in [6.07, 6.45) is 8.52. The Morgan fingerprint density at radius 3 is 2.89 bits per heavy atom. The Balaban J connectivity index is 1.46. The number of rotatable bonds is 4. The Hall–Kier alpha value is -2.99. The van der Waals surface area contributed by atoms with Crippen LogP contribution in [0.3, 0.4) is 0 Å². The van der Waals surface area contributed by atoms with Crippen molar-refractivity contribution in [2.75, 3.05) is 20.3 Å². The molecule has 0 spiro atoms. The van der Waals surface area contributed by atoms with Gasteiger partial charge in [-0.2, -0.15) is 5.10 Å². The van der Waals surface area contributed by atoms with E-state index in [9.17, 15) is 0 Å². The van der Waals surface area contributed by atoms with E-state index < -0.39 is 0 Å². The van der Waals surface area contributed by atoms with Crippen LogP contribution in [0.2, 0.25) is 0 Å². The molecule has 5 rings (SSSR count). The van der Waals surface area contributed by atoms with Crippen molar-refractivity contribution < 1.29 is 9.47 Å². The minimum atomic E-state index is 0.500. The highest BCUT2D eigenvalue weighted by Gasteiger charge is 2.19. The third kappa shape index (κ3) is 3.20. The highest BCUT2D eigenvalue weighted by atomic mass is 16.5. The first-order valence-corrected chi connectivity index (χ1v) is 9.64. The van der Waals surface area contributed by atoms with Crippen molar-refractivity contribution in [1.82, 2.24) is 19.6 Å². The number of pyridine rings is 3. The van der Waals surface area contributed by atoms with Gasteiger partial charge in [-0.15, -0.1) is 0 Å². The molecule has 0 N–H and O–H groups in total. The minimum Gasteiger partial charge on any atom is -0.495 e. The maximum atomic E-state index is 5.48. The summed E-state index contributed by atoms with van der Waals surface area (Å²) >= 11 is 0. The molecule has 1 fully saturated rings. The third-order valence-electron chi connectivity index (χ3n) is 5.45. The van der Waals surface area contributed by atoms with Crippen molar-refractivity contribution >= 4 is 16.6 Å². The normalized spacial score (nSPS) is 15.3. The molecule has 1 aliphatic heterocycles. The maximum absolute atomic E-state index is 5.48. The standard InChI is InChI=1S/C22H22N4O2/c1-27-19-13-21-22(24-14-19)17(2-6-23-21)10-15-3-7-26-18(11-15)12-20(25-26)16-4-8-28-9-5-16/h2-3,6-7,11-14,16H,4-5,8-10H2,1H3. The second kappa shape index (κ2) is 7.20. The van der Waals surface area contributed by atoms with Crippen LogP contribution in [0.4, 0.5) is 0 Å². The van der Waals surface area contributed by atoms with Crippen molar-refractivity contribution in [2.45, 2.75) is 25.2 Å². The lowest BCUT2D eigenvalue weighted by atomic mass is 9.96. The summed E-state index contributed by atoms with van der Waals surface area (Å²) in [6, 6.07) is 10.5. The molecule has 1 saturated heterocycles. The van der Waals surface area contributed by atoms with E-state index in [1.807, 2.05) is 29.0 Å². The van der Waals surface area contributed by atoms with Crippen molar-refractivity contribution in [3.8, 4) is 5.75 Å². The fourth-order valence-corrected chi connectivity index (χ4v) is 3.90. The Kier molecular flexibility index (Phi) is 4.41. The number of aromatic nitrogens is 4. The lowest BCUT2D eigenvalue weighted by Crippen LogP contribution is -2.14. The molecular formula is C22H22N4O2. The van der Waals surface area contributed by atoms with Crippen LogP contribution in [0.15, 0.2) is 48.9 Å². The van der Waals surface area contributed by atoms with Gasteiger partial charge in [0.15, 0.2) is 0 Å².